The molecule has 0 aliphatic carbocycles. The maximum Gasteiger partial charge on any atom is 0.306 e. The molecule has 12 heteroatoms. The Bertz CT molecular complexity index is 1500. The smallest absolute Gasteiger partial charge is 0.306 e. The maximum atomic E-state index is 13.4. The molecule has 12 nitrogen and oxygen atoms in total. The average Bonchev–Trinajstić information content (AvgIpc) is 2.99. The summed E-state index contributed by atoms with van der Waals surface area (Å²) in [6.45, 7) is 7.15. The van der Waals surface area contributed by atoms with Crippen molar-refractivity contribution in [3.05, 3.63) is 82.4 Å². The summed E-state index contributed by atoms with van der Waals surface area (Å²) in [6, 6.07) is 15.4. The Morgan fingerprint density at radius 1 is 1.00 bits per heavy atom. The number of nitrogens with zero attached hydrogens (tertiary/aromatic N) is 1. The number of amides is 2. The largest absolute Gasteiger partial charge is 0.491 e. The van der Waals surface area contributed by atoms with Gasteiger partial charge in [-0.05, 0) is 87.7 Å². The first kappa shape index (κ1) is 33.4. The van der Waals surface area contributed by atoms with Gasteiger partial charge in [0.15, 0.2) is 5.84 Å². The van der Waals surface area contributed by atoms with Gasteiger partial charge in [0.2, 0.25) is 5.91 Å². The summed E-state index contributed by atoms with van der Waals surface area (Å²) < 4.78 is 11.2. The van der Waals surface area contributed by atoms with Crippen molar-refractivity contribution in [3.8, 4) is 5.75 Å². The lowest BCUT2D eigenvalue weighted by Gasteiger charge is -2.21. The Morgan fingerprint density at radius 3 is 2.36 bits per heavy atom. The van der Waals surface area contributed by atoms with E-state index < -0.39 is 12.5 Å². The van der Waals surface area contributed by atoms with Crippen molar-refractivity contribution in [2.45, 2.75) is 53.2 Å². The van der Waals surface area contributed by atoms with Gasteiger partial charge in [-0.15, -0.1) is 0 Å². The number of nitrogens with one attached hydrogen (secondary N) is 3. The van der Waals surface area contributed by atoms with Crippen LogP contribution in [-0.2, 0) is 27.3 Å². The van der Waals surface area contributed by atoms with Gasteiger partial charge < -0.3 is 41.5 Å². The first-order valence-corrected chi connectivity index (χ1v) is 14.2. The van der Waals surface area contributed by atoms with Crippen molar-refractivity contribution in [1.29, 1.82) is 0 Å². The lowest BCUT2D eigenvalue weighted by molar-refractivity contribution is -0.143. The molecule has 0 aliphatic rings. The molecule has 234 valence electrons. The summed E-state index contributed by atoms with van der Waals surface area (Å²) in [4.78, 5) is 37.6. The Hall–Kier alpha value is -5.10. The number of carbonyl (C=O) groups is 3. The van der Waals surface area contributed by atoms with E-state index >= 15 is 0 Å². The standard InChI is InChI=1S/C32H39N5O7/c1-5-43-30(40)13-11-25-22(15-24(35-29(39)18-38)16-28(25)44-19(2)3)17-34-27-12-6-20(4)14-26(27)32(41)36-23-9-7-21(8-10-23)31(33)37-42/h6-10,12,14-16,19,34,38,42H,5,11,13,17-18H2,1-4H3,(H2,33,37)(H,35,39)(H,36,41). The van der Waals surface area contributed by atoms with Crippen molar-refractivity contribution in [2.24, 2.45) is 10.9 Å². The Kier molecular flexibility index (Phi) is 12.1. The fourth-order valence-corrected chi connectivity index (χ4v) is 4.41. The van der Waals surface area contributed by atoms with Crippen LogP contribution in [0.5, 0.6) is 5.75 Å². The highest BCUT2D eigenvalue weighted by molar-refractivity contribution is 6.08. The van der Waals surface area contributed by atoms with Crippen molar-refractivity contribution < 1.29 is 34.2 Å². The van der Waals surface area contributed by atoms with Gasteiger partial charge in [-0.1, -0.05) is 16.8 Å². The molecule has 44 heavy (non-hydrogen) atoms. The summed E-state index contributed by atoms with van der Waals surface area (Å²) in [5, 5.41) is 30.0. The fourth-order valence-electron chi connectivity index (χ4n) is 4.41. The van der Waals surface area contributed by atoms with Crippen molar-refractivity contribution in [3.63, 3.8) is 0 Å². The zero-order valence-corrected chi connectivity index (χ0v) is 25.3. The van der Waals surface area contributed by atoms with Gasteiger partial charge in [0, 0.05) is 41.7 Å². The Morgan fingerprint density at radius 2 is 1.73 bits per heavy atom. The van der Waals surface area contributed by atoms with Crippen molar-refractivity contribution in [1.82, 2.24) is 0 Å². The monoisotopic (exact) mass is 605 g/mol. The quantitative estimate of drug-likeness (QED) is 0.0516. The summed E-state index contributed by atoms with van der Waals surface area (Å²) >= 11 is 0. The number of aliphatic hydroxyl groups excluding tert-OH is 1. The highest BCUT2D eigenvalue weighted by Crippen LogP contribution is 2.31. The van der Waals surface area contributed by atoms with Gasteiger partial charge in [0.1, 0.15) is 12.4 Å². The molecule has 7 N–H and O–H groups in total. The van der Waals surface area contributed by atoms with Crippen LogP contribution in [0.4, 0.5) is 17.1 Å². The molecule has 0 unspecified atom stereocenters. The molecule has 3 aromatic rings. The number of aryl methyl sites for hydroxylation is 1. The second-order valence-electron chi connectivity index (χ2n) is 10.2. The van der Waals surface area contributed by atoms with Crippen LogP contribution in [-0.4, -0.2) is 53.3 Å². The van der Waals surface area contributed by atoms with Crippen LogP contribution in [0.1, 0.15) is 59.8 Å². The van der Waals surface area contributed by atoms with Gasteiger partial charge in [-0.2, -0.15) is 0 Å². The van der Waals surface area contributed by atoms with E-state index in [2.05, 4.69) is 21.1 Å². The minimum Gasteiger partial charge on any atom is -0.491 e. The molecule has 0 aliphatic heterocycles. The Labute approximate surface area is 256 Å². The average molecular weight is 606 g/mol. The molecular weight excluding hydrogens is 566 g/mol. The molecule has 0 heterocycles. The molecule has 0 fully saturated rings. The van der Waals surface area contributed by atoms with E-state index in [0.29, 0.717) is 45.9 Å². The van der Waals surface area contributed by atoms with Crippen molar-refractivity contribution in [2.75, 3.05) is 29.2 Å². The topological polar surface area (TPSA) is 185 Å². The summed E-state index contributed by atoms with van der Waals surface area (Å²) in [7, 11) is 0. The van der Waals surface area contributed by atoms with Gasteiger partial charge in [-0.3, -0.25) is 14.4 Å². The number of esters is 1. The van der Waals surface area contributed by atoms with Crippen LogP contribution < -0.4 is 26.4 Å². The number of carbonyl (C=O) groups excluding carboxylic acids is 3. The number of rotatable bonds is 14. The molecule has 0 aromatic heterocycles. The molecule has 2 amide bonds. The number of amidine groups is 1. The lowest BCUT2D eigenvalue weighted by atomic mass is 9.99. The Balaban J connectivity index is 1.94. The molecule has 0 atom stereocenters. The van der Waals surface area contributed by atoms with Gasteiger partial charge in [0.25, 0.3) is 5.91 Å². The SMILES string of the molecule is CCOC(=O)CCc1c(CNc2ccc(C)cc2C(=O)Nc2ccc(/C(N)=N/O)cc2)cc(NC(=O)CO)cc1OC(C)C. The zero-order chi connectivity index (χ0) is 32.2. The first-order chi connectivity index (χ1) is 21.0. The van der Waals surface area contributed by atoms with E-state index in [9.17, 15) is 19.5 Å². The van der Waals surface area contributed by atoms with E-state index in [1.165, 1.54) is 0 Å². The van der Waals surface area contributed by atoms with Crippen LogP contribution in [0, 0.1) is 6.92 Å². The van der Waals surface area contributed by atoms with E-state index in [4.69, 9.17) is 20.4 Å². The van der Waals surface area contributed by atoms with Crippen LogP contribution >= 0.6 is 0 Å². The second kappa shape index (κ2) is 15.9. The predicted octanol–water partition coefficient (Wildman–Crippen LogP) is 4.17. The maximum absolute atomic E-state index is 13.4. The summed E-state index contributed by atoms with van der Waals surface area (Å²) in [5.41, 5.74) is 10.3. The number of benzene rings is 3. The third-order valence-electron chi connectivity index (χ3n) is 6.41. The number of aliphatic hydroxyl groups is 1. The van der Waals surface area contributed by atoms with Crippen molar-refractivity contribution >= 4 is 40.7 Å². The van der Waals surface area contributed by atoms with Gasteiger partial charge in [-0.25, -0.2) is 0 Å². The molecule has 0 bridgehead atoms. The summed E-state index contributed by atoms with van der Waals surface area (Å²) in [6.07, 6.45) is 0.231. The number of hydrogen-bond donors (Lipinski definition) is 6. The van der Waals surface area contributed by atoms with E-state index in [-0.39, 0.29) is 43.4 Å². The van der Waals surface area contributed by atoms with Crippen LogP contribution in [0.2, 0.25) is 0 Å². The van der Waals surface area contributed by atoms with Gasteiger partial charge in [0.05, 0.1) is 18.3 Å². The molecular formula is C32H39N5O7. The second-order valence-corrected chi connectivity index (χ2v) is 10.2. The number of hydrogen-bond acceptors (Lipinski definition) is 9. The van der Waals surface area contributed by atoms with E-state index in [0.717, 1.165) is 11.1 Å². The van der Waals surface area contributed by atoms with Gasteiger partial charge >= 0.3 is 5.97 Å². The number of anilines is 3. The summed E-state index contributed by atoms with van der Waals surface area (Å²) in [5.74, 6) is -0.860. The molecule has 0 saturated heterocycles. The lowest BCUT2D eigenvalue weighted by Crippen LogP contribution is -2.18. The minimum atomic E-state index is -0.689. The minimum absolute atomic E-state index is 0.0448. The zero-order valence-electron chi connectivity index (χ0n) is 25.3. The van der Waals surface area contributed by atoms with E-state index in [1.807, 2.05) is 26.8 Å². The molecule has 0 spiro atoms. The first-order valence-electron chi connectivity index (χ1n) is 14.2. The number of ether oxygens (including phenoxy) is 2. The highest BCUT2D eigenvalue weighted by atomic mass is 16.5. The number of nitrogens with two attached hydrogens (primary N) is 1. The van der Waals surface area contributed by atoms with E-state index in [1.54, 1.807) is 55.5 Å². The molecule has 0 radical (unpaired) electrons. The predicted molar refractivity (Wildman–Crippen MR) is 168 cm³/mol. The highest BCUT2D eigenvalue weighted by Gasteiger charge is 2.18. The van der Waals surface area contributed by atoms with Crippen LogP contribution in [0.15, 0.2) is 59.8 Å². The van der Waals surface area contributed by atoms with Crippen LogP contribution in [0.3, 0.4) is 0 Å². The third kappa shape index (κ3) is 9.46. The normalized spacial score (nSPS) is 11.2. The molecule has 3 aromatic carbocycles. The number of oxime groups is 1. The molecule has 0 saturated carbocycles. The fraction of sp³-hybridized carbons (Fsp3) is 0.312. The third-order valence-corrected chi connectivity index (χ3v) is 6.41. The molecule has 3 rings (SSSR count). The van der Waals surface area contributed by atoms with Crippen LogP contribution in [0.25, 0.3) is 0 Å².